The largest absolute Gasteiger partial charge is 0.376 e. The van der Waals surface area contributed by atoms with Crippen molar-refractivity contribution in [1.29, 1.82) is 0 Å². The molecule has 0 radical (unpaired) electrons. The van der Waals surface area contributed by atoms with Crippen LogP contribution in [0, 0.1) is 0 Å². The van der Waals surface area contributed by atoms with E-state index in [4.69, 9.17) is 4.74 Å². The molecule has 0 aliphatic carbocycles. The van der Waals surface area contributed by atoms with Gasteiger partial charge in [0.1, 0.15) is 5.82 Å². The molecule has 1 fully saturated rings. The van der Waals surface area contributed by atoms with E-state index in [2.05, 4.69) is 15.6 Å². The minimum atomic E-state index is -0.291. The average molecular weight is 342 g/mol. The minimum absolute atomic E-state index is 0.0249. The van der Waals surface area contributed by atoms with Gasteiger partial charge in [-0.15, -0.1) is 0 Å². The fraction of sp³-hybridized carbons (Fsp3) is 0.500. The van der Waals surface area contributed by atoms with Crippen LogP contribution >= 0.6 is 0 Å². The Morgan fingerprint density at radius 3 is 3.08 bits per heavy atom. The molecule has 2 aliphatic heterocycles. The smallest absolute Gasteiger partial charge is 0.319 e. The van der Waals surface area contributed by atoms with E-state index in [-0.39, 0.29) is 17.7 Å². The molecule has 4 rings (SSSR count). The van der Waals surface area contributed by atoms with Crippen LogP contribution in [-0.2, 0) is 17.7 Å². The molecule has 0 bridgehead atoms. The monoisotopic (exact) mass is 342 g/mol. The summed E-state index contributed by atoms with van der Waals surface area (Å²) >= 11 is 0. The molecule has 1 atom stereocenters. The second kappa shape index (κ2) is 6.84. The first-order chi connectivity index (χ1) is 12.2. The number of benzene rings is 1. The highest BCUT2D eigenvalue weighted by atomic mass is 16.5. The number of hydrogen-bond acceptors (Lipinski definition) is 4. The number of hydrogen-bond donors (Lipinski definition) is 2. The fourth-order valence-electron chi connectivity index (χ4n) is 3.51. The molecule has 2 aromatic rings. The highest BCUT2D eigenvalue weighted by Gasteiger charge is 2.17. The maximum atomic E-state index is 12.7. The van der Waals surface area contributed by atoms with Crippen molar-refractivity contribution in [2.45, 2.75) is 44.8 Å². The van der Waals surface area contributed by atoms with Crippen molar-refractivity contribution in [2.75, 3.05) is 18.5 Å². The summed E-state index contributed by atoms with van der Waals surface area (Å²) in [6.07, 6.45) is 5.04. The van der Waals surface area contributed by atoms with Gasteiger partial charge < -0.3 is 15.4 Å². The molecule has 1 saturated heterocycles. The van der Waals surface area contributed by atoms with Gasteiger partial charge in [-0.05, 0) is 43.9 Å². The van der Waals surface area contributed by atoms with Crippen LogP contribution in [0.4, 0.5) is 10.5 Å². The maximum Gasteiger partial charge on any atom is 0.319 e. The number of nitrogens with zero attached hydrogens (tertiary/aromatic N) is 2. The van der Waals surface area contributed by atoms with Crippen LogP contribution in [0.2, 0.25) is 0 Å². The number of carbonyl (C=O) groups excluding carboxylic acids is 1. The van der Waals surface area contributed by atoms with Gasteiger partial charge in [0.25, 0.3) is 5.56 Å². The number of nitrogens with one attached hydrogen (secondary N) is 2. The van der Waals surface area contributed by atoms with Gasteiger partial charge in [0.15, 0.2) is 0 Å². The maximum absolute atomic E-state index is 12.7. The molecule has 1 aromatic heterocycles. The normalized spacial score (nSPS) is 19.6. The van der Waals surface area contributed by atoms with Crippen molar-refractivity contribution in [2.24, 2.45) is 0 Å². The Kier molecular flexibility index (Phi) is 4.40. The van der Waals surface area contributed by atoms with Gasteiger partial charge in [-0.3, -0.25) is 9.36 Å². The molecule has 1 unspecified atom stereocenters. The van der Waals surface area contributed by atoms with Crippen molar-refractivity contribution in [3.8, 4) is 0 Å². The molecule has 1 aromatic carbocycles. The third-order valence-electron chi connectivity index (χ3n) is 4.84. The first-order valence-electron chi connectivity index (χ1n) is 8.90. The Hall–Kier alpha value is -2.41. The molecular formula is C18H22N4O3. The number of fused-ring (bicyclic) bond motifs is 2. The van der Waals surface area contributed by atoms with Crippen molar-refractivity contribution in [3.05, 3.63) is 34.4 Å². The van der Waals surface area contributed by atoms with Crippen LogP contribution in [0.3, 0.4) is 0 Å². The number of carbonyl (C=O) groups is 1. The minimum Gasteiger partial charge on any atom is -0.376 e. The number of amides is 2. The first kappa shape index (κ1) is 16.1. The van der Waals surface area contributed by atoms with Crippen LogP contribution < -0.4 is 16.2 Å². The summed E-state index contributed by atoms with van der Waals surface area (Å²) in [5.41, 5.74) is 1.25. The summed E-state index contributed by atoms with van der Waals surface area (Å²) < 4.78 is 7.24. The van der Waals surface area contributed by atoms with E-state index in [0.717, 1.165) is 51.1 Å². The predicted octanol–water partition coefficient (Wildman–Crippen LogP) is 2.03. The lowest BCUT2D eigenvalue weighted by Crippen LogP contribution is -2.35. The number of ether oxygens (including phenoxy) is 1. The van der Waals surface area contributed by atoms with Crippen molar-refractivity contribution < 1.29 is 9.53 Å². The zero-order valence-electron chi connectivity index (χ0n) is 14.1. The molecule has 3 heterocycles. The van der Waals surface area contributed by atoms with E-state index in [0.29, 0.717) is 23.1 Å². The quantitative estimate of drug-likeness (QED) is 0.894. The van der Waals surface area contributed by atoms with Gasteiger partial charge in [0, 0.05) is 31.8 Å². The molecular weight excluding hydrogens is 320 g/mol. The Morgan fingerprint density at radius 2 is 2.24 bits per heavy atom. The van der Waals surface area contributed by atoms with Crippen LogP contribution in [0.1, 0.15) is 31.5 Å². The van der Waals surface area contributed by atoms with E-state index in [1.54, 1.807) is 22.8 Å². The molecule has 25 heavy (non-hydrogen) atoms. The second-order valence-electron chi connectivity index (χ2n) is 6.64. The van der Waals surface area contributed by atoms with Crippen molar-refractivity contribution in [1.82, 2.24) is 14.9 Å². The molecule has 7 heteroatoms. The molecule has 2 N–H and O–H groups in total. The molecule has 0 spiro atoms. The Balaban J connectivity index is 1.51. The van der Waals surface area contributed by atoms with Crippen LogP contribution in [0.5, 0.6) is 0 Å². The van der Waals surface area contributed by atoms with Gasteiger partial charge in [0.2, 0.25) is 0 Å². The summed E-state index contributed by atoms with van der Waals surface area (Å²) in [5, 5.41) is 6.14. The summed E-state index contributed by atoms with van der Waals surface area (Å²) in [6.45, 7) is 1.98. The highest BCUT2D eigenvalue weighted by Crippen LogP contribution is 2.18. The summed E-state index contributed by atoms with van der Waals surface area (Å²) in [6, 6.07) is 4.99. The number of rotatable bonds is 3. The zero-order valence-corrected chi connectivity index (χ0v) is 14.1. The summed E-state index contributed by atoms with van der Waals surface area (Å²) in [4.78, 5) is 29.3. The molecule has 2 aliphatic rings. The van der Waals surface area contributed by atoms with E-state index in [9.17, 15) is 9.59 Å². The van der Waals surface area contributed by atoms with Crippen LogP contribution in [-0.4, -0.2) is 34.8 Å². The van der Waals surface area contributed by atoms with Crippen molar-refractivity contribution in [3.63, 3.8) is 0 Å². The summed E-state index contributed by atoms with van der Waals surface area (Å²) in [7, 11) is 0. The van der Waals surface area contributed by atoms with E-state index >= 15 is 0 Å². The number of aromatic nitrogens is 2. The predicted molar refractivity (Wildman–Crippen MR) is 94.9 cm³/mol. The second-order valence-corrected chi connectivity index (χ2v) is 6.64. The van der Waals surface area contributed by atoms with E-state index in [1.165, 1.54) is 0 Å². The lowest BCUT2D eigenvalue weighted by atomic mass is 10.1. The van der Waals surface area contributed by atoms with Crippen LogP contribution in [0.15, 0.2) is 23.0 Å². The van der Waals surface area contributed by atoms with Crippen molar-refractivity contribution >= 4 is 22.6 Å². The van der Waals surface area contributed by atoms with Gasteiger partial charge in [-0.1, -0.05) is 0 Å². The number of anilines is 1. The SMILES string of the molecule is O=C(NCC1CCCO1)Nc1ccc2nc3n(c(=O)c2c1)CCCC3. The third-order valence-corrected chi connectivity index (χ3v) is 4.84. The number of aryl methyl sites for hydroxylation is 1. The molecule has 132 valence electrons. The molecule has 7 nitrogen and oxygen atoms in total. The van der Waals surface area contributed by atoms with Gasteiger partial charge in [-0.25, -0.2) is 9.78 Å². The number of urea groups is 1. The van der Waals surface area contributed by atoms with Gasteiger partial charge in [-0.2, -0.15) is 0 Å². The zero-order chi connectivity index (χ0) is 17.2. The lowest BCUT2D eigenvalue weighted by molar-refractivity contribution is 0.112. The third kappa shape index (κ3) is 3.37. The van der Waals surface area contributed by atoms with Gasteiger partial charge >= 0.3 is 6.03 Å². The standard InChI is InChI=1S/C18H22N4O3/c23-17-14-10-12(20-18(24)19-11-13-4-3-9-25-13)6-7-15(14)21-16-5-1-2-8-22(16)17/h6-7,10,13H,1-5,8-9,11H2,(H2,19,20,24). The topological polar surface area (TPSA) is 85.2 Å². The van der Waals surface area contributed by atoms with E-state index in [1.807, 2.05) is 0 Å². The van der Waals surface area contributed by atoms with Crippen LogP contribution in [0.25, 0.3) is 10.9 Å². The fourth-order valence-corrected chi connectivity index (χ4v) is 3.51. The molecule has 0 saturated carbocycles. The summed E-state index contributed by atoms with van der Waals surface area (Å²) in [5.74, 6) is 0.860. The Bertz CT molecular complexity index is 855. The highest BCUT2D eigenvalue weighted by molar-refractivity contribution is 5.92. The molecule has 2 amide bonds. The lowest BCUT2D eigenvalue weighted by Gasteiger charge is -2.18. The van der Waals surface area contributed by atoms with Gasteiger partial charge in [0.05, 0.1) is 17.0 Å². The Labute approximate surface area is 145 Å². The average Bonchev–Trinajstić information content (AvgIpc) is 3.14. The first-order valence-corrected chi connectivity index (χ1v) is 8.90. The van der Waals surface area contributed by atoms with E-state index < -0.39 is 0 Å². The Morgan fingerprint density at radius 1 is 1.32 bits per heavy atom.